The van der Waals surface area contributed by atoms with E-state index in [2.05, 4.69) is 9.98 Å². The van der Waals surface area contributed by atoms with Crippen LogP contribution in [0.1, 0.15) is 31.1 Å². The molecule has 0 spiro atoms. The van der Waals surface area contributed by atoms with Gasteiger partial charge in [-0.15, -0.1) is 0 Å². The Morgan fingerprint density at radius 2 is 1.92 bits per heavy atom. The molecule has 1 aromatic carbocycles. The SMILES string of the molecule is Cc1cc(=O)c2cc3c(c(N4C=C5N=CC=C5C4)c2o1)O[C@](C)(CCCO)[C@H](OOC[C@H](O)[C@](O)(CN1CC=C2N=CC=C21)[C@H](O)[C@H](O)CO)C3. The van der Waals surface area contributed by atoms with Crippen molar-refractivity contribution in [1.29, 1.82) is 0 Å². The van der Waals surface area contributed by atoms with Gasteiger partial charge in [-0.3, -0.25) is 14.8 Å². The fourth-order valence-electron chi connectivity index (χ4n) is 7.27. The van der Waals surface area contributed by atoms with E-state index in [1.807, 2.05) is 30.2 Å². The molecule has 0 fully saturated rings. The molecule has 0 unspecified atom stereocenters. The maximum absolute atomic E-state index is 13.3. The fraction of sp³-hybridized carbons (Fsp3) is 0.472. The minimum Gasteiger partial charge on any atom is -0.482 e. The van der Waals surface area contributed by atoms with Crippen LogP contribution in [0.15, 0.2) is 78.4 Å². The lowest BCUT2D eigenvalue weighted by molar-refractivity contribution is -0.365. The average Bonchev–Trinajstić information content (AvgIpc) is 3.90. The van der Waals surface area contributed by atoms with E-state index in [9.17, 15) is 35.4 Å². The molecular formula is C36H42N4O11. The van der Waals surface area contributed by atoms with Crippen LogP contribution < -0.4 is 15.1 Å². The number of aliphatic hydroxyl groups is 6. The largest absolute Gasteiger partial charge is 0.482 e. The normalized spacial score (nSPS) is 24.7. The molecule has 6 atom stereocenters. The number of β-amino-alcohol motifs (C(OH)–C–C–N with tert-alkyl or cyclic N) is 1. The van der Waals surface area contributed by atoms with Gasteiger partial charge in [0.15, 0.2) is 16.8 Å². The maximum Gasteiger partial charge on any atom is 0.193 e. The summed E-state index contributed by atoms with van der Waals surface area (Å²) in [6, 6.07) is 3.14. The number of anilines is 1. The van der Waals surface area contributed by atoms with E-state index in [0.29, 0.717) is 71.1 Å². The summed E-state index contributed by atoms with van der Waals surface area (Å²) in [5.74, 6) is 0.925. The zero-order valence-corrected chi connectivity index (χ0v) is 28.3. The van der Waals surface area contributed by atoms with E-state index < -0.39 is 48.8 Å². The quantitative estimate of drug-likeness (QED) is 0.117. The summed E-state index contributed by atoms with van der Waals surface area (Å²) in [5.41, 5.74) is 1.04. The second-order valence-corrected chi connectivity index (χ2v) is 13.7. The van der Waals surface area contributed by atoms with Crippen molar-refractivity contribution < 1.29 is 49.6 Å². The Hall–Kier alpha value is -4.19. The zero-order chi connectivity index (χ0) is 36.1. The molecule has 0 saturated carbocycles. The third kappa shape index (κ3) is 6.33. The van der Waals surface area contributed by atoms with E-state index in [0.717, 1.165) is 11.3 Å². The molecule has 0 radical (unpaired) electrons. The van der Waals surface area contributed by atoms with Gasteiger partial charge in [-0.2, -0.15) is 0 Å². The highest BCUT2D eigenvalue weighted by Crippen LogP contribution is 2.48. The van der Waals surface area contributed by atoms with Gasteiger partial charge in [0.25, 0.3) is 0 Å². The Bertz CT molecular complexity index is 1950. The molecule has 5 aliphatic heterocycles. The van der Waals surface area contributed by atoms with Gasteiger partial charge in [0.1, 0.15) is 53.7 Å². The number of aliphatic imine (C=N–C) groups is 2. The lowest BCUT2D eigenvalue weighted by Gasteiger charge is -2.43. The van der Waals surface area contributed by atoms with Crippen LogP contribution >= 0.6 is 0 Å². The highest BCUT2D eigenvalue weighted by atomic mass is 17.2. The number of hydrogen-bond acceptors (Lipinski definition) is 15. The van der Waals surface area contributed by atoms with Gasteiger partial charge in [0.05, 0.1) is 42.2 Å². The summed E-state index contributed by atoms with van der Waals surface area (Å²) in [6.45, 7) is 2.39. The van der Waals surface area contributed by atoms with Gasteiger partial charge in [0.2, 0.25) is 0 Å². The summed E-state index contributed by atoms with van der Waals surface area (Å²) in [7, 11) is 0. The molecule has 6 N–H and O–H groups in total. The van der Waals surface area contributed by atoms with Crippen LogP contribution in [0.25, 0.3) is 11.0 Å². The zero-order valence-electron chi connectivity index (χ0n) is 28.3. The van der Waals surface area contributed by atoms with Crippen molar-refractivity contribution in [2.75, 3.05) is 44.4 Å². The van der Waals surface area contributed by atoms with Gasteiger partial charge in [-0.25, -0.2) is 9.78 Å². The smallest absolute Gasteiger partial charge is 0.193 e. The first kappa shape index (κ1) is 35.2. The van der Waals surface area contributed by atoms with Crippen LogP contribution in [0.3, 0.4) is 0 Å². The second-order valence-electron chi connectivity index (χ2n) is 13.7. The second kappa shape index (κ2) is 13.7. The van der Waals surface area contributed by atoms with E-state index in [4.69, 9.17) is 18.9 Å². The van der Waals surface area contributed by atoms with Gasteiger partial charge in [-0.1, -0.05) is 0 Å². The van der Waals surface area contributed by atoms with Crippen LogP contribution in [0.2, 0.25) is 0 Å². The summed E-state index contributed by atoms with van der Waals surface area (Å²) in [5, 5.41) is 63.9. The van der Waals surface area contributed by atoms with Crippen LogP contribution in [0, 0.1) is 6.92 Å². The molecule has 15 nitrogen and oxygen atoms in total. The highest BCUT2D eigenvalue weighted by Gasteiger charge is 2.49. The average molecular weight is 707 g/mol. The summed E-state index contributed by atoms with van der Waals surface area (Å²) in [6.07, 6.45) is 5.21. The Labute approximate surface area is 292 Å². The number of aliphatic hydroxyl groups excluding tert-OH is 5. The Morgan fingerprint density at radius 3 is 2.69 bits per heavy atom. The predicted molar refractivity (Wildman–Crippen MR) is 185 cm³/mol. The van der Waals surface area contributed by atoms with E-state index in [-0.39, 0.29) is 25.0 Å². The first-order valence-corrected chi connectivity index (χ1v) is 16.9. The summed E-state index contributed by atoms with van der Waals surface area (Å²) in [4.78, 5) is 37.1. The molecule has 7 rings (SSSR count). The monoisotopic (exact) mass is 706 g/mol. The topological polar surface area (TPSA) is 210 Å². The maximum atomic E-state index is 13.3. The first-order valence-electron chi connectivity index (χ1n) is 16.9. The summed E-state index contributed by atoms with van der Waals surface area (Å²) >= 11 is 0. The molecule has 1 aromatic heterocycles. The molecule has 15 heteroatoms. The number of hydrogen-bond donors (Lipinski definition) is 6. The number of nitrogens with zero attached hydrogens (tertiary/aromatic N) is 4. The van der Waals surface area contributed by atoms with Gasteiger partial charge < -0.3 is 49.6 Å². The molecule has 272 valence electrons. The molecule has 0 bridgehead atoms. The Kier molecular flexibility index (Phi) is 9.49. The molecule has 0 amide bonds. The molecule has 0 aliphatic carbocycles. The number of rotatable bonds is 14. The third-order valence-electron chi connectivity index (χ3n) is 10.2. The van der Waals surface area contributed by atoms with Gasteiger partial charge >= 0.3 is 0 Å². The minimum atomic E-state index is -2.38. The highest BCUT2D eigenvalue weighted by molar-refractivity contribution is 5.96. The lowest BCUT2D eigenvalue weighted by Crippen LogP contribution is -2.63. The van der Waals surface area contributed by atoms with Crippen molar-refractivity contribution in [2.45, 2.75) is 68.7 Å². The molecule has 0 saturated heterocycles. The Morgan fingerprint density at radius 1 is 1.14 bits per heavy atom. The van der Waals surface area contributed by atoms with E-state index in [1.165, 1.54) is 6.07 Å². The van der Waals surface area contributed by atoms with Crippen LogP contribution in [0.4, 0.5) is 5.69 Å². The number of fused-ring (bicyclic) bond motifs is 4. The molecule has 6 heterocycles. The van der Waals surface area contributed by atoms with Crippen molar-refractivity contribution >= 4 is 29.1 Å². The van der Waals surface area contributed by atoms with Crippen molar-refractivity contribution in [3.8, 4) is 5.75 Å². The Balaban J connectivity index is 1.16. The molecule has 5 aliphatic rings. The third-order valence-corrected chi connectivity index (χ3v) is 10.2. The van der Waals surface area contributed by atoms with Crippen molar-refractivity contribution in [1.82, 2.24) is 4.90 Å². The molecule has 51 heavy (non-hydrogen) atoms. The molecular weight excluding hydrogens is 664 g/mol. The van der Waals surface area contributed by atoms with Crippen molar-refractivity contribution in [3.63, 3.8) is 0 Å². The van der Waals surface area contributed by atoms with Crippen molar-refractivity contribution in [3.05, 3.63) is 80.8 Å². The number of benzene rings is 1. The lowest BCUT2D eigenvalue weighted by atomic mass is 9.85. The van der Waals surface area contributed by atoms with Gasteiger partial charge in [0, 0.05) is 55.4 Å². The number of ether oxygens (including phenoxy) is 1. The number of aryl methyl sites for hydroxylation is 1. The van der Waals surface area contributed by atoms with Gasteiger partial charge in [-0.05, 0) is 51.0 Å². The van der Waals surface area contributed by atoms with E-state index in [1.54, 1.807) is 36.4 Å². The van der Waals surface area contributed by atoms with E-state index >= 15 is 0 Å². The molecule has 2 aromatic rings. The standard InChI is InChI=1S/C36H42N4O11/c1-20-12-27(43)23-13-22-14-30(35(2,7-3-11-41)50-32(22)31(33(23)49-20)40-15-21-4-8-38-25(21)16-40)51-48-18-29(45)36(47,34(46)28(44)17-42)19-39-10-6-24-26(39)5-9-37-24/h4-6,8-9,12-13,16,28-30,34,41-42,44-47H,3,7,10-11,14-15,17-19H2,1-2H3/t28-,29+,30-,34-,35-,36-/m1/s1. The van der Waals surface area contributed by atoms with Crippen LogP contribution in [0.5, 0.6) is 5.75 Å². The number of allylic oxidation sites excluding steroid dienone is 2. The first-order chi connectivity index (χ1) is 24.5. The fourth-order valence-corrected chi connectivity index (χ4v) is 7.27. The summed E-state index contributed by atoms with van der Waals surface area (Å²) < 4.78 is 12.9. The predicted octanol–water partition coefficient (Wildman–Crippen LogP) is 0.530. The van der Waals surface area contributed by atoms with Crippen LogP contribution in [-0.2, 0) is 16.2 Å². The minimum absolute atomic E-state index is 0.117. The van der Waals surface area contributed by atoms with Crippen molar-refractivity contribution in [2.24, 2.45) is 9.98 Å². The van der Waals surface area contributed by atoms with Crippen LogP contribution in [-0.4, -0.2) is 123 Å².